The van der Waals surface area contributed by atoms with Crippen molar-refractivity contribution >= 4 is 0 Å². The van der Waals surface area contributed by atoms with Crippen molar-refractivity contribution in [1.82, 2.24) is 9.80 Å². The van der Waals surface area contributed by atoms with Crippen LogP contribution in [0.15, 0.2) is 0 Å². The van der Waals surface area contributed by atoms with E-state index in [9.17, 15) is 0 Å². The van der Waals surface area contributed by atoms with E-state index in [1.807, 2.05) is 0 Å². The number of nitrogens with zero attached hydrogens (tertiary/aromatic N) is 2. The minimum atomic E-state index is 1.04. The molecule has 0 radical (unpaired) electrons. The third kappa shape index (κ3) is 8.54. The lowest BCUT2D eigenvalue weighted by atomic mass is 9.86. The van der Waals surface area contributed by atoms with E-state index in [-0.39, 0.29) is 0 Å². The average molecular weight is 323 g/mol. The first-order valence-electron chi connectivity index (χ1n) is 10.6. The van der Waals surface area contributed by atoms with Gasteiger partial charge in [-0.3, -0.25) is 0 Å². The molecule has 23 heavy (non-hydrogen) atoms. The molecule has 2 saturated carbocycles. The fraction of sp³-hybridized carbons (Fsp3) is 1.00. The van der Waals surface area contributed by atoms with Crippen LogP contribution in [-0.4, -0.2) is 50.1 Å². The van der Waals surface area contributed by atoms with Gasteiger partial charge < -0.3 is 9.80 Å². The fourth-order valence-corrected chi connectivity index (χ4v) is 4.63. The zero-order chi connectivity index (χ0) is 16.3. The molecule has 0 aromatic heterocycles. The van der Waals surface area contributed by atoms with Gasteiger partial charge in [0.1, 0.15) is 0 Å². The van der Waals surface area contributed by atoms with Gasteiger partial charge in [0.15, 0.2) is 0 Å². The molecule has 136 valence electrons. The molecule has 2 rings (SSSR count). The monoisotopic (exact) mass is 322 g/mol. The molecule has 0 saturated heterocycles. The summed E-state index contributed by atoms with van der Waals surface area (Å²) in [5, 5.41) is 0. The quantitative estimate of drug-likeness (QED) is 0.547. The zero-order valence-corrected chi connectivity index (χ0v) is 16.1. The Balaban J connectivity index is 1.68. The third-order valence-electron chi connectivity index (χ3n) is 6.24. The minimum Gasteiger partial charge on any atom is -0.309 e. The molecule has 0 aromatic rings. The Labute approximate surface area is 146 Å². The summed E-state index contributed by atoms with van der Waals surface area (Å²) in [6.07, 6.45) is 19.3. The van der Waals surface area contributed by atoms with Gasteiger partial charge in [-0.2, -0.15) is 0 Å². The Morgan fingerprint density at radius 3 is 1.52 bits per heavy atom. The van der Waals surface area contributed by atoms with Crippen LogP contribution >= 0.6 is 0 Å². The van der Waals surface area contributed by atoms with Gasteiger partial charge in [-0.15, -0.1) is 0 Å². The molecule has 2 aliphatic carbocycles. The maximum absolute atomic E-state index is 2.81. The summed E-state index contributed by atoms with van der Waals surface area (Å²) in [4.78, 5) is 5.15. The molecule has 0 N–H and O–H groups in total. The normalized spacial score (nSPS) is 21.4. The summed E-state index contributed by atoms with van der Waals surface area (Å²) in [7, 11) is 4.41. The molecular weight excluding hydrogens is 280 g/mol. The second-order valence-corrected chi connectivity index (χ2v) is 8.58. The lowest BCUT2D eigenvalue weighted by molar-refractivity contribution is 0.199. The van der Waals surface area contributed by atoms with Crippen LogP contribution in [0.25, 0.3) is 0 Å². The molecule has 0 heterocycles. The highest BCUT2D eigenvalue weighted by Crippen LogP contribution is 2.28. The molecule has 0 amide bonds. The maximum atomic E-state index is 2.81. The molecule has 0 aliphatic heterocycles. The molecule has 0 unspecified atom stereocenters. The average Bonchev–Trinajstić information content (AvgIpc) is 2.58. The molecule has 0 spiro atoms. The summed E-state index contributed by atoms with van der Waals surface area (Å²) in [5.74, 6) is 2.07. The summed E-state index contributed by atoms with van der Waals surface area (Å²) in [6.45, 7) is 5.29. The van der Waals surface area contributed by atoms with Crippen molar-refractivity contribution in [3.8, 4) is 0 Å². The summed E-state index contributed by atoms with van der Waals surface area (Å²) >= 11 is 0. The van der Waals surface area contributed by atoms with Crippen LogP contribution in [0.5, 0.6) is 0 Å². The summed E-state index contributed by atoms with van der Waals surface area (Å²) < 4.78 is 0. The SMILES string of the molecule is CN(C)CCCN(CCC1CCCCC1)CCC1CCCCC1. The highest BCUT2D eigenvalue weighted by atomic mass is 15.1. The van der Waals surface area contributed by atoms with Crippen LogP contribution < -0.4 is 0 Å². The highest BCUT2D eigenvalue weighted by Gasteiger charge is 2.17. The lowest BCUT2D eigenvalue weighted by Crippen LogP contribution is -2.32. The third-order valence-corrected chi connectivity index (χ3v) is 6.24. The van der Waals surface area contributed by atoms with Gasteiger partial charge in [-0.1, -0.05) is 64.2 Å². The van der Waals surface area contributed by atoms with Gasteiger partial charge in [0, 0.05) is 0 Å². The van der Waals surface area contributed by atoms with E-state index in [4.69, 9.17) is 0 Å². The van der Waals surface area contributed by atoms with Crippen molar-refractivity contribution in [3.63, 3.8) is 0 Å². The largest absolute Gasteiger partial charge is 0.309 e. The van der Waals surface area contributed by atoms with Crippen LogP contribution in [0, 0.1) is 11.8 Å². The second kappa shape index (κ2) is 11.5. The van der Waals surface area contributed by atoms with E-state index in [0.29, 0.717) is 0 Å². The van der Waals surface area contributed by atoms with Crippen molar-refractivity contribution in [2.45, 2.75) is 83.5 Å². The van der Waals surface area contributed by atoms with Crippen molar-refractivity contribution in [2.75, 3.05) is 40.3 Å². The van der Waals surface area contributed by atoms with Gasteiger partial charge in [-0.25, -0.2) is 0 Å². The highest BCUT2D eigenvalue weighted by molar-refractivity contribution is 4.71. The van der Waals surface area contributed by atoms with Gasteiger partial charge in [0.25, 0.3) is 0 Å². The van der Waals surface area contributed by atoms with Crippen molar-refractivity contribution in [2.24, 2.45) is 11.8 Å². The van der Waals surface area contributed by atoms with Gasteiger partial charge in [0.05, 0.1) is 0 Å². The first kappa shape index (κ1) is 19.2. The number of hydrogen-bond acceptors (Lipinski definition) is 2. The summed E-state index contributed by atoms with van der Waals surface area (Å²) in [6, 6.07) is 0. The number of hydrogen-bond donors (Lipinski definition) is 0. The molecule has 0 atom stereocenters. The predicted octanol–water partition coefficient (Wildman–Crippen LogP) is 5.18. The van der Waals surface area contributed by atoms with Gasteiger partial charge in [-0.05, 0) is 71.4 Å². The topological polar surface area (TPSA) is 6.48 Å². The van der Waals surface area contributed by atoms with Crippen LogP contribution in [0.3, 0.4) is 0 Å². The van der Waals surface area contributed by atoms with Crippen molar-refractivity contribution < 1.29 is 0 Å². The Morgan fingerprint density at radius 1 is 0.609 bits per heavy atom. The van der Waals surface area contributed by atoms with E-state index < -0.39 is 0 Å². The Hall–Kier alpha value is -0.0800. The van der Waals surface area contributed by atoms with E-state index in [0.717, 1.165) is 11.8 Å². The second-order valence-electron chi connectivity index (χ2n) is 8.58. The smallest absolute Gasteiger partial charge is 0.000655 e. The van der Waals surface area contributed by atoms with Crippen molar-refractivity contribution in [3.05, 3.63) is 0 Å². The molecule has 2 aliphatic rings. The van der Waals surface area contributed by atoms with Gasteiger partial charge >= 0.3 is 0 Å². The number of rotatable bonds is 10. The van der Waals surface area contributed by atoms with Crippen LogP contribution in [-0.2, 0) is 0 Å². The molecule has 0 bridgehead atoms. The Morgan fingerprint density at radius 2 is 1.09 bits per heavy atom. The van der Waals surface area contributed by atoms with Crippen LogP contribution in [0.4, 0.5) is 0 Å². The van der Waals surface area contributed by atoms with Crippen LogP contribution in [0.2, 0.25) is 0 Å². The molecule has 2 nitrogen and oxygen atoms in total. The Kier molecular flexibility index (Phi) is 9.60. The van der Waals surface area contributed by atoms with E-state index in [1.165, 1.54) is 110 Å². The van der Waals surface area contributed by atoms with Crippen LogP contribution in [0.1, 0.15) is 83.5 Å². The minimum absolute atomic E-state index is 1.04. The predicted molar refractivity (Wildman–Crippen MR) is 102 cm³/mol. The lowest BCUT2D eigenvalue weighted by Gasteiger charge is -2.29. The van der Waals surface area contributed by atoms with E-state index in [1.54, 1.807) is 0 Å². The first-order valence-corrected chi connectivity index (χ1v) is 10.6. The van der Waals surface area contributed by atoms with E-state index in [2.05, 4.69) is 23.9 Å². The van der Waals surface area contributed by atoms with E-state index >= 15 is 0 Å². The summed E-state index contributed by atoms with van der Waals surface area (Å²) in [5.41, 5.74) is 0. The molecule has 2 fully saturated rings. The Bertz CT molecular complexity index is 256. The zero-order valence-electron chi connectivity index (χ0n) is 16.1. The molecule has 0 aromatic carbocycles. The standard InChI is InChI=1S/C21H42N2/c1-22(2)16-9-17-23(18-14-20-10-5-3-6-11-20)19-15-21-12-7-4-8-13-21/h20-21H,3-19H2,1-2H3. The molecular formula is C21H42N2. The fourth-order valence-electron chi connectivity index (χ4n) is 4.63. The van der Waals surface area contributed by atoms with Gasteiger partial charge in [0.2, 0.25) is 0 Å². The molecule has 2 heteroatoms. The maximum Gasteiger partial charge on any atom is -0.000655 e. The first-order chi connectivity index (χ1) is 11.2. The van der Waals surface area contributed by atoms with Crippen molar-refractivity contribution in [1.29, 1.82) is 0 Å².